The maximum atomic E-state index is 8.29. The molecule has 0 saturated heterocycles. The quantitative estimate of drug-likeness (QED) is 0.609. The standard InChI is InChI=1S/C6H7NO.ClH.H2O/c8-7-6-4-2-1-3-5-6;;/h1-5,7-8H;1H;1H2. The Morgan fingerprint density at radius 3 is 1.90 bits per heavy atom. The van der Waals surface area contributed by atoms with Gasteiger partial charge in [-0.1, -0.05) is 18.2 Å². The van der Waals surface area contributed by atoms with Gasteiger partial charge < -0.3 is 5.48 Å². The fourth-order valence-corrected chi connectivity index (χ4v) is 0.513. The predicted octanol–water partition coefficient (Wildman–Crippen LogP) is 1.08. The van der Waals surface area contributed by atoms with Crippen LogP contribution in [0, 0.1) is 0 Å². The number of benzene rings is 1. The van der Waals surface area contributed by atoms with Crippen LogP contribution < -0.4 is 5.48 Å². The smallest absolute Gasteiger partial charge is 0.0602 e. The minimum Gasteiger partial charge on any atom is -0.412 e. The zero-order valence-electron chi connectivity index (χ0n) is 5.24. The number of rotatable bonds is 1. The molecule has 3 nitrogen and oxygen atoms in total. The van der Waals surface area contributed by atoms with E-state index in [4.69, 9.17) is 5.21 Å². The molecule has 0 unspecified atom stereocenters. The number of anilines is 1. The summed E-state index contributed by atoms with van der Waals surface area (Å²) in [4.78, 5) is 0. The molecule has 0 aromatic heterocycles. The molecule has 0 radical (unpaired) electrons. The molecule has 10 heavy (non-hydrogen) atoms. The highest BCUT2D eigenvalue weighted by Gasteiger charge is 1.79. The lowest BCUT2D eigenvalue weighted by molar-refractivity contribution is 0.389. The van der Waals surface area contributed by atoms with Gasteiger partial charge in [0.25, 0.3) is 0 Å². The summed E-state index contributed by atoms with van der Waals surface area (Å²) in [6.07, 6.45) is 0. The molecule has 0 fully saturated rings. The van der Waals surface area contributed by atoms with E-state index in [1.54, 1.807) is 12.1 Å². The van der Waals surface area contributed by atoms with Gasteiger partial charge >= 0.3 is 0 Å². The minimum atomic E-state index is 0. The highest BCUT2D eigenvalue weighted by molar-refractivity contribution is 5.85. The Balaban J connectivity index is 0. The molecule has 0 amide bonds. The topological polar surface area (TPSA) is 63.8 Å². The molecule has 1 rings (SSSR count). The van der Waals surface area contributed by atoms with Crippen molar-refractivity contribution >= 4 is 18.1 Å². The van der Waals surface area contributed by atoms with Crippen molar-refractivity contribution in [1.82, 2.24) is 0 Å². The zero-order valence-corrected chi connectivity index (χ0v) is 6.06. The molecule has 0 aliphatic carbocycles. The molecule has 0 heterocycles. The van der Waals surface area contributed by atoms with Gasteiger partial charge in [0.05, 0.1) is 5.69 Å². The summed E-state index contributed by atoms with van der Waals surface area (Å²) in [5.41, 5.74) is 2.74. The van der Waals surface area contributed by atoms with Gasteiger partial charge in [0.1, 0.15) is 0 Å². The van der Waals surface area contributed by atoms with Crippen molar-refractivity contribution < 1.29 is 10.7 Å². The van der Waals surface area contributed by atoms with Gasteiger partial charge in [-0.05, 0) is 12.1 Å². The first-order valence-corrected chi connectivity index (χ1v) is 2.38. The second kappa shape index (κ2) is 6.35. The fourth-order valence-electron chi connectivity index (χ4n) is 0.513. The minimum absolute atomic E-state index is 0. The van der Waals surface area contributed by atoms with Crippen LogP contribution in [0.3, 0.4) is 0 Å². The lowest BCUT2D eigenvalue weighted by Crippen LogP contribution is -1.85. The largest absolute Gasteiger partial charge is 0.412 e. The molecule has 58 valence electrons. The first kappa shape index (κ1) is 12.0. The van der Waals surface area contributed by atoms with Gasteiger partial charge in [-0.25, -0.2) is 0 Å². The SMILES string of the molecule is Cl.O.ONc1ccccc1. The molecule has 0 atom stereocenters. The van der Waals surface area contributed by atoms with Crippen LogP contribution in [-0.4, -0.2) is 10.7 Å². The third kappa shape index (κ3) is 3.29. The molecular weight excluding hydrogens is 154 g/mol. The van der Waals surface area contributed by atoms with Gasteiger partial charge in [0, 0.05) is 0 Å². The molecule has 1 aromatic rings. The average molecular weight is 164 g/mol. The summed E-state index contributed by atoms with van der Waals surface area (Å²) in [6, 6.07) is 9.14. The second-order valence-electron chi connectivity index (χ2n) is 1.48. The first-order chi connectivity index (χ1) is 3.93. The third-order valence-corrected chi connectivity index (χ3v) is 0.903. The molecule has 0 bridgehead atoms. The van der Waals surface area contributed by atoms with Gasteiger partial charge in [0.2, 0.25) is 0 Å². The van der Waals surface area contributed by atoms with Crippen molar-refractivity contribution in [2.45, 2.75) is 0 Å². The number of para-hydroxylation sites is 1. The Hall–Kier alpha value is -0.770. The Bertz CT molecular complexity index is 157. The average Bonchev–Trinajstić information content (AvgIpc) is 1.90. The first-order valence-electron chi connectivity index (χ1n) is 2.38. The number of hydrogen-bond acceptors (Lipinski definition) is 2. The van der Waals surface area contributed by atoms with E-state index < -0.39 is 0 Å². The van der Waals surface area contributed by atoms with Crippen molar-refractivity contribution in [3.63, 3.8) is 0 Å². The predicted molar refractivity (Wildman–Crippen MR) is 42.7 cm³/mol. The highest BCUT2D eigenvalue weighted by atomic mass is 35.5. The lowest BCUT2D eigenvalue weighted by atomic mass is 10.3. The normalized spacial score (nSPS) is 6.90. The van der Waals surface area contributed by atoms with Crippen molar-refractivity contribution in [2.75, 3.05) is 5.48 Å². The lowest BCUT2D eigenvalue weighted by Gasteiger charge is -1.92. The molecule has 4 N–H and O–H groups in total. The second-order valence-corrected chi connectivity index (χ2v) is 1.48. The van der Waals surface area contributed by atoms with Crippen LogP contribution >= 0.6 is 12.4 Å². The summed E-state index contributed by atoms with van der Waals surface area (Å²) in [5, 5.41) is 8.29. The summed E-state index contributed by atoms with van der Waals surface area (Å²) in [5.74, 6) is 0. The van der Waals surface area contributed by atoms with Crippen LogP contribution in [0.15, 0.2) is 30.3 Å². The van der Waals surface area contributed by atoms with Crippen molar-refractivity contribution in [2.24, 2.45) is 0 Å². The highest BCUT2D eigenvalue weighted by Crippen LogP contribution is 2.01. The number of nitrogens with one attached hydrogen (secondary N) is 1. The zero-order chi connectivity index (χ0) is 5.82. The number of hydrogen-bond donors (Lipinski definition) is 2. The van der Waals surface area contributed by atoms with Crippen LogP contribution in [0.4, 0.5) is 5.69 Å². The molecule has 4 heteroatoms. The van der Waals surface area contributed by atoms with E-state index in [1.165, 1.54) is 0 Å². The summed E-state index contributed by atoms with van der Waals surface area (Å²) in [7, 11) is 0. The Kier molecular flexibility index (Phi) is 7.60. The number of halogens is 1. The van der Waals surface area contributed by atoms with Gasteiger partial charge in [-0.15, -0.1) is 12.4 Å². The third-order valence-electron chi connectivity index (χ3n) is 0.903. The van der Waals surface area contributed by atoms with Crippen molar-refractivity contribution in [3.05, 3.63) is 30.3 Å². The Morgan fingerprint density at radius 1 is 1.10 bits per heavy atom. The van der Waals surface area contributed by atoms with Gasteiger partial charge in [-0.2, -0.15) is 0 Å². The van der Waals surface area contributed by atoms with E-state index in [2.05, 4.69) is 0 Å². The van der Waals surface area contributed by atoms with E-state index >= 15 is 0 Å². The Labute approximate surface area is 65.4 Å². The molecular formula is C6H10ClNO2. The molecule has 0 aliphatic heterocycles. The summed E-state index contributed by atoms with van der Waals surface area (Å²) < 4.78 is 0. The van der Waals surface area contributed by atoms with E-state index in [-0.39, 0.29) is 17.9 Å². The van der Waals surface area contributed by atoms with E-state index in [1.807, 2.05) is 23.7 Å². The summed E-state index contributed by atoms with van der Waals surface area (Å²) in [6.45, 7) is 0. The summed E-state index contributed by atoms with van der Waals surface area (Å²) >= 11 is 0. The van der Waals surface area contributed by atoms with Crippen molar-refractivity contribution in [1.29, 1.82) is 0 Å². The van der Waals surface area contributed by atoms with Crippen LogP contribution in [0.25, 0.3) is 0 Å². The van der Waals surface area contributed by atoms with E-state index in [9.17, 15) is 0 Å². The van der Waals surface area contributed by atoms with E-state index in [0.717, 1.165) is 0 Å². The van der Waals surface area contributed by atoms with Crippen LogP contribution in [0.2, 0.25) is 0 Å². The maximum Gasteiger partial charge on any atom is 0.0602 e. The van der Waals surface area contributed by atoms with Gasteiger partial charge in [-0.3, -0.25) is 10.7 Å². The van der Waals surface area contributed by atoms with Crippen LogP contribution in [0.1, 0.15) is 0 Å². The van der Waals surface area contributed by atoms with Crippen LogP contribution in [0.5, 0.6) is 0 Å². The molecule has 0 aliphatic rings. The van der Waals surface area contributed by atoms with Crippen molar-refractivity contribution in [3.8, 4) is 0 Å². The Morgan fingerprint density at radius 2 is 1.60 bits per heavy atom. The monoisotopic (exact) mass is 163 g/mol. The molecule has 0 saturated carbocycles. The fraction of sp³-hybridized carbons (Fsp3) is 0. The van der Waals surface area contributed by atoms with Gasteiger partial charge in [0.15, 0.2) is 0 Å². The van der Waals surface area contributed by atoms with Crippen LogP contribution in [-0.2, 0) is 0 Å². The van der Waals surface area contributed by atoms with E-state index in [0.29, 0.717) is 5.69 Å². The molecule has 0 spiro atoms. The molecule has 1 aromatic carbocycles. The maximum absolute atomic E-state index is 8.29.